The van der Waals surface area contributed by atoms with Crippen LogP contribution in [0.3, 0.4) is 0 Å². The molecule has 2 rings (SSSR count). The molecule has 1 aliphatic heterocycles. The van der Waals surface area contributed by atoms with Crippen LogP contribution in [0.1, 0.15) is 25.1 Å². The average Bonchev–Trinajstić information content (AvgIpc) is 2.43. The van der Waals surface area contributed by atoms with Crippen molar-refractivity contribution in [3.05, 3.63) is 30.1 Å². The molecule has 100 valence electrons. The van der Waals surface area contributed by atoms with Gasteiger partial charge in [0.1, 0.15) is 0 Å². The monoisotopic (exact) mass is 249 g/mol. The van der Waals surface area contributed by atoms with Crippen molar-refractivity contribution in [2.45, 2.75) is 19.4 Å². The SMILES string of the molecule is CCCN1CCN(C(CO)c2ccccn2)CC1. The quantitative estimate of drug-likeness (QED) is 0.849. The normalized spacial score (nSPS) is 19.9. The Bertz CT molecular complexity index is 336. The molecule has 1 saturated heterocycles. The van der Waals surface area contributed by atoms with Gasteiger partial charge >= 0.3 is 0 Å². The van der Waals surface area contributed by atoms with Gasteiger partial charge in [0.05, 0.1) is 18.3 Å². The van der Waals surface area contributed by atoms with Crippen molar-refractivity contribution in [3.8, 4) is 0 Å². The van der Waals surface area contributed by atoms with Crippen LogP contribution in [0, 0.1) is 0 Å². The molecule has 1 fully saturated rings. The number of nitrogens with zero attached hydrogens (tertiary/aromatic N) is 3. The van der Waals surface area contributed by atoms with Gasteiger partial charge in [-0.3, -0.25) is 9.88 Å². The van der Waals surface area contributed by atoms with Gasteiger partial charge in [-0.1, -0.05) is 13.0 Å². The molecule has 1 aliphatic rings. The van der Waals surface area contributed by atoms with Gasteiger partial charge in [-0.15, -0.1) is 0 Å². The molecule has 4 heteroatoms. The Morgan fingerprint density at radius 2 is 2.06 bits per heavy atom. The number of pyridine rings is 1. The molecule has 1 N–H and O–H groups in total. The smallest absolute Gasteiger partial charge is 0.0755 e. The lowest BCUT2D eigenvalue weighted by atomic mass is 10.1. The van der Waals surface area contributed by atoms with Crippen molar-refractivity contribution in [1.29, 1.82) is 0 Å². The zero-order chi connectivity index (χ0) is 12.8. The highest BCUT2D eigenvalue weighted by Gasteiger charge is 2.24. The molecular weight excluding hydrogens is 226 g/mol. The summed E-state index contributed by atoms with van der Waals surface area (Å²) < 4.78 is 0. The highest BCUT2D eigenvalue weighted by atomic mass is 16.3. The van der Waals surface area contributed by atoms with Crippen LogP contribution in [0.4, 0.5) is 0 Å². The summed E-state index contributed by atoms with van der Waals surface area (Å²) in [6, 6.07) is 5.95. The van der Waals surface area contributed by atoms with Crippen LogP contribution in [-0.2, 0) is 0 Å². The van der Waals surface area contributed by atoms with Crippen LogP contribution in [0.15, 0.2) is 24.4 Å². The molecule has 0 bridgehead atoms. The molecule has 18 heavy (non-hydrogen) atoms. The van der Waals surface area contributed by atoms with Crippen molar-refractivity contribution in [2.75, 3.05) is 39.3 Å². The van der Waals surface area contributed by atoms with Gasteiger partial charge in [0, 0.05) is 32.4 Å². The fourth-order valence-electron chi connectivity index (χ4n) is 2.58. The molecule has 1 unspecified atom stereocenters. The van der Waals surface area contributed by atoms with E-state index in [-0.39, 0.29) is 12.6 Å². The number of aromatic nitrogens is 1. The maximum atomic E-state index is 9.61. The lowest BCUT2D eigenvalue weighted by Crippen LogP contribution is -2.48. The van der Waals surface area contributed by atoms with Gasteiger partial charge < -0.3 is 10.0 Å². The minimum Gasteiger partial charge on any atom is -0.394 e. The number of aliphatic hydroxyl groups excluding tert-OH is 1. The lowest BCUT2D eigenvalue weighted by molar-refractivity contribution is 0.0633. The Morgan fingerprint density at radius 1 is 1.28 bits per heavy atom. The maximum absolute atomic E-state index is 9.61. The number of piperazine rings is 1. The third-order valence-electron chi connectivity index (χ3n) is 3.59. The van der Waals surface area contributed by atoms with Crippen molar-refractivity contribution < 1.29 is 5.11 Å². The van der Waals surface area contributed by atoms with Crippen LogP contribution in [-0.4, -0.2) is 59.2 Å². The number of hydrogen-bond donors (Lipinski definition) is 1. The molecule has 1 atom stereocenters. The van der Waals surface area contributed by atoms with E-state index in [1.54, 1.807) is 6.20 Å². The summed E-state index contributed by atoms with van der Waals surface area (Å²) in [5.74, 6) is 0. The summed E-state index contributed by atoms with van der Waals surface area (Å²) in [6.45, 7) is 7.76. The summed E-state index contributed by atoms with van der Waals surface area (Å²) in [6.07, 6.45) is 3.01. The van der Waals surface area contributed by atoms with Crippen LogP contribution in [0.25, 0.3) is 0 Å². The molecule has 0 aromatic carbocycles. The van der Waals surface area contributed by atoms with Crippen molar-refractivity contribution in [3.63, 3.8) is 0 Å². The minimum atomic E-state index is 0.0509. The van der Waals surface area contributed by atoms with E-state index < -0.39 is 0 Å². The molecule has 0 saturated carbocycles. The molecule has 0 radical (unpaired) electrons. The second kappa shape index (κ2) is 6.83. The van der Waals surface area contributed by atoms with Crippen molar-refractivity contribution in [2.24, 2.45) is 0 Å². The predicted molar refractivity (Wildman–Crippen MR) is 72.4 cm³/mol. The Labute approximate surface area is 109 Å². The molecule has 0 spiro atoms. The Hall–Kier alpha value is -0.970. The van der Waals surface area contributed by atoms with Gasteiger partial charge in [-0.05, 0) is 25.1 Å². The van der Waals surface area contributed by atoms with Crippen LogP contribution in [0.2, 0.25) is 0 Å². The van der Waals surface area contributed by atoms with Gasteiger partial charge in [0.2, 0.25) is 0 Å². The van der Waals surface area contributed by atoms with Crippen molar-refractivity contribution >= 4 is 0 Å². The Morgan fingerprint density at radius 3 is 2.61 bits per heavy atom. The summed E-state index contributed by atoms with van der Waals surface area (Å²) in [5.41, 5.74) is 0.976. The van der Waals surface area contributed by atoms with Gasteiger partial charge in [-0.2, -0.15) is 0 Å². The van der Waals surface area contributed by atoms with E-state index in [9.17, 15) is 5.11 Å². The molecule has 0 aliphatic carbocycles. The lowest BCUT2D eigenvalue weighted by Gasteiger charge is -2.38. The van der Waals surface area contributed by atoms with Gasteiger partial charge in [0.15, 0.2) is 0 Å². The van der Waals surface area contributed by atoms with E-state index in [0.29, 0.717) is 0 Å². The second-order valence-electron chi connectivity index (χ2n) is 4.83. The zero-order valence-electron chi connectivity index (χ0n) is 11.1. The van der Waals surface area contributed by atoms with Crippen LogP contribution >= 0.6 is 0 Å². The van der Waals surface area contributed by atoms with Crippen LogP contribution < -0.4 is 0 Å². The predicted octanol–water partition coefficient (Wildman–Crippen LogP) is 1.14. The molecular formula is C14H23N3O. The summed E-state index contributed by atoms with van der Waals surface area (Å²) in [5, 5.41) is 9.61. The van der Waals surface area contributed by atoms with E-state index in [1.165, 1.54) is 13.0 Å². The topological polar surface area (TPSA) is 39.6 Å². The van der Waals surface area contributed by atoms with E-state index >= 15 is 0 Å². The van der Waals surface area contributed by atoms with Crippen LogP contribution in [0.5, 0.6) is 0 Å². The molecule has 1 aromatic heterocycles. The standard InChI is InChI=1S/C14H23N3O/c1-2-7-16-8-10-17(11-9-16)14(12-18)13-5-3-4-6-15-13/h3-6,14,18H,2,7-12H2,1H3. The third-order valence-corrected chi connectivity index (χ3v) is 3.59. The maximum Gasteiger partial charge on any atom is 0.0755 e. The highest BCUT2D eigenvalue weighted by molar-refractivity contribution is 5.09. The fraction of sp³-hybridized carbons (Fsp3) is 0.643. The fourth-order valence-corrected chi connectivity index (χ4v) is 2.58. The van der Waals surface area contributed by atoms with E-state index in [4.69, 9.17) is 0 Å². The molecule has 2 heterocycles. The second-order valence-corrected chi connectivity index (χ2v) is 4.83. The number of aliphatic hydroxyl groups is 1. The summed E-state index contributed by atoms with van der Waals surface area (Å²) in [7, 11) is 0. The first-order valence-electron chi connectivity index (χ1n) is 6.83. The van der Waals surface area contributed by atoms with E-state index in [1.807, 2.05) is 18.2 Å². The number of hydrogen-bond acceptors (Lipinski definition) is 4. The Balaban J connectivity index is 1.95. The van der Waals surface area contributed by atoms with Crippen molar-refractivity contribution in [1.82, 2.24) is 14.8 Å². The summed E-state index contributed by atoms with van der Waals surface area (Å²) in [4.78, 5) is 9.20. The average molecular weight is 249 g/mol. The largest absolute Gasteiger partial charge is 0.394 e. The zero-order valence-corrected chi connectivity index (χ0v) is 11.1. The minimum absolute atomic E-state index is 0.0509. The molecule has 4 nitrogen and oxygen atoms in total. The first-order valence-corrected chi connectivity index (χ1v) is 6.83. The highest BCUT2D eigenvalue weighted by Crippen LogP contribution is 2.19. The van der Waals surface area contributed by atoms with Gasteiger partial charge in [0.25, 0.3) is 0 Å². The molecule has 1 aromatic rings. The third kappa shape index (κ3) is 3.28. The first-order chi connectivity index (χ1) is 8.85. The first kappa shape index (κ1) is 13.5. The molecule has 0 amide bonds. The number of rotatable bonds is 5. The van der Waals surface area contributed by atoms with Gasteiger partial charge in [-0.25, -0.2) is 0 Å². The van der Waals surface area contributed by atoms with E-state index in [2.05, 4.69) is 21.7 Å². The van der Waals surface area contributed by atoms with E-state index in [0.717, 1.165) is 31.9 Å². The Kier molecular flexibility index (Phi) is 5.11. The summed E-state index contributed by atoms with van der Waals surface area (Å²) >= 11 is 0.